The maximum atomic E-state index is 13.8. The molecule has 1 atom stereocenters. The van der Waals surface area contributed by atoms with E-state index in [2.05, 4.69) is 5.32 Å². The van der Waals surface area contributed by atoms with Gasteiger partial charge in [0.05, 0.1) is 18.5 Å². The summed E-state index contributed by atoms with van der Waals surface area (Å²) in [6.07, 6.45) is 9.71. The van der Waals surface area contributed by atoms with Gasteiger partial charge in [0.15, 0.2) is 0 Å². The number of amides is 2. The van der Waals surface area contributed by atoms with Crippen LogP contribution in [0, 0.1) is 0 Å². The molecule has 1 fully saturated rings. The molecule has 0 unspecified atom stereocenters. The van der Waals surface area contributed by atoms with E-state index in [1.807, 2.05) is 54.8 Å². The summed E-state index contributed by atoms with van der Waals surface area (Å²) in [5.41, 5.74) is 0.463. The highest BCUT2D eigenvalue weighted by Crippen LogP contribution is 2.33. The first-order valence-corrected chi connectivity index (χ1v) is 11.9. The molecule has 0 bridgehead atoms. The van der Waals surface area contributed by atoms with Gasteiger partial charge >= 0.3 is 0 Å². The number of carbonyl (C=O) groups is 2. The van der Waals surface area contributed by atoms with Crippen LogP contribution in [-0.2, 0) is 11.3 Å². The zero-order valence-electron chi connectivity index (χ0n) is 19.6. The summed E-state index contributed by atoms with van der Waals surface area (Å²) in [5, 5.41) is 3.33. The Kier molecular flexibility index (Phi) is 6.74. The number of fused-ring (bicyclic) bond motifs is 1. The molecular formula is C25H36N4O3. The van der Waals surface area contributed by atoms with Crippen LogP contribution in [0.3, 0.4) is 0 Å². The molecule has 1 N–H and O–H groups in total. The Morgan fingerprint density at radius 2 is 1.81 bits per heavy atom. The zero-order valence-corrected chi connectivity index (χ0v) is 19.6. The number of rotatable bonds is 6. The lowest BCUT2D eigenvalue weighted by molar-refractivity contribution is -0.133. The third kappa shape index (κ3) is 4.49. The number of hydrogen-bond donors (Lipinski definition) is 1. The second kappa shape index (κ2) is 9.53. The summed E-state index contributed by atoms with van der Waals surface area (Å²) in [4.78, 5) is 31.2. The van der Waals surface area contributed by atoms with Crippen molar-refractivity contribution in [1.82, 2.24) is 19.7 Å². The van der Waals surface area contributed by atoms with E-state index in [9.17, 15) is 9.59 Å². The molecule has 1 saturated carbocycles. The maximum absolute atomic E-state index is 13.8. The smallest absolute Gasteiger partial charge is 0.271 e. The standard InChI is InChI=1S/C25H36N4O3/c1-25(24(31)26-19-10-7-5-4-6-8-11-19)18-28-20(22-12-9-17-32-22)13-14-21(28)23(30)29(25)16-15-27(2)3/h9,12-14,17,19H,4-8,10-11,15-16,18H2,1-3H3,(H,26,31)/t25-/m1/s1. The van der Waals surface area contributed by atoms with Crippen LogP contribution in [0.15, 0.2) is 34.9 Å². The molecule has 2 aromatic heterocycles. The molecule has 0 saturated heterocycles. The molecule has 0 spiro atoms. The maximum Gasteiger partial charge on any atom is 0.271 e. The summed E-state index contributed by atoms with van der Waals surface area (Å²) >= 11 is 0. The molecule has 2 aromatic rings. The lowest BCUT2D eigenvalue weighted by Gasteiger charge is -2.45. The van der Waals surface area contributed by atoms with Crippen molar-refractivity contribution >= 4 is 11.8 Å². The molecule has 0 aromatic carbocycles. The molecule has 3 heterocycles. The summed E-state index contributed by atoms with van der Waals surface area (Å²) in [7, 11) is 3.97. The summed E-state index contributed by atoms with van der Waals surface area (Å²) in [6, 6.07) is 7.66. The Balaban J connectivity index is 1.64. The Hall–Kier alpha value is -2.54. The number of hydrogen-bond acceptors (Lipinski definition) is 4. The fraction of sp³-hybridized carbons (Fsp3) is 0.600. The van der Waals surface area contributed by atoms with Gasteiger partial charge in [-0.15, -0.1) is 0 Å². The molecule has 1 aliphatic carbocycles. The highest BCUT2D eigenvalue weighted by Gasteiger charge is 2.48. The first kappa shape index (κ1) is 22.6. The van der Waals surface area contributed by atoms with Crippen molar-refractivity contribution in [3.8, 4) is 11.5 Å². The third-order valence-corrected chi connectivity index (χ3v) is 6.98. The number of furan rings is 1. The normalized spacial score (nSPS) is 22.5. The van der Waals surface area contributed by atoms with Crippen molar-refractivity contribution in [2.24, 2.45) is 0 Å². The first-order valence-electron chi connectivity index (χ1n) is 11.9. The predicted octanol–water partition coefficient (Wildman–Crippen LogP) is 3.75. The van der Waals surface area contributed by atoms with Crippen molar-refractivity contribution in [2.45, 2.75) is 70.0 Å². The fourth-order valence-electron chi connectivity index (χ4n) is 5.00. The molecule has 1 aliphatic heterocycles. The van der Waals surface area contributed by atoms with Crippen molar-refractivity contribution in [3.63, 3.8) is 0 Å². The van der Waals surface area contributed by atoms with Crippen molar-refractivity contribution < 1.29 is 14.0 Å². The van der Waals surface area contributed by atoms with Gasteiger partial charge in [0.25, 0.3) is 5.91 Å². The zero-order chi connectivity index (χ0) is 22.7. The summed E-state index contributed by atoms with van der Waals surface area (Å²) in [5.74, 6) is 0.541. The van der Waals surface area contributed by atoms with E-state index in [0.29, 0.717) is 31.1 Å². The molecule has 174 valence electrons. The van der Waals surface area contributed by atoms with Crippen molar-refractivity contribution in [1.29, 1.82) is 0 Å². The minimum Gasteiger partial charge on any atom is -0.463 e. The van der Waals surface area contributed by atoms with Gasteiger partial charge in [0.2, 0.25) is 5.91 Å². The lowest BCUT2D eigenvalue weighted by Crippen LogP contribution is -2.65. The van der Waals surface area contributed by atoms with Crippen LogP contribution in [0.5, 0.6) is 0 Å². The number of carbonyl (C=O) groups excluding carboxylic acids is 2. The van der Waals surface area contributed by atoms with Gasteiger partial charge in [-0.25, -0.2) is 0 Å². The van der Waals surface area contributed by atoms with E-state index in [-0.39, 0.29) is 17.9 Å². The Bertz CT molecular complexity index is 925. The highest BCUT2D eigenvalue weighted by atomic mass is 16.3. The van der Waals surface area contributed by atoms with Gasteiger partial charge in [-0.2, -0.15) is 0 Å². The van der Waals surface area contributed by atoms with Crippen LogP contribution >= 0.6 is 0 Å². The minimum absolute atomic E-state index is 0.0556. The van der Waals surface area contributed by atoms with Gasteiger partial charge in [0, 0.05) is 19.1 Å². The van der Waals surface area contributed by atoms with E-state index < -0.39 is 5.54 Å². The quantitative estimate of drug-likeness (QED) is 0.743. The van der Waals surface area contributed by atoms with Gasteiger partial charge < -0.3 is 24.1 Å². The van der Waals surface area contributed by atoms with Gasteiger partial charge in [-0.3, -0.25) is 9.59 Å². The monoisotopic (exact) mass is 440 g/mol. The van der Waals surface area contributed by atoms with Crippen LogP contribution in [-0.4, -0.2) is 64.9 Å². The van der Waals surface area contributed by atoms with E-state index in [0.717, 1.165) is 31.4 Å². The van der Waals surface area contributed by atoms with Crippen LogP contribution in [0.4, 0.5) is 0 Å². The molecule has 32 heavy (non-hydrogen) atoms. The molecule has 7 heteroatoms. The number of aromatic nitrogens is 1. The first-order chi connectivity index (χ1) is 15.4. The Labute approximate surface area is 190 Å². The second-order valence-electron chi connectivity index (χ2n) is 9.72. The number of likely N-dealkylation sites (N-methyl/N-ethyl adjacent to an activating group) is 1. The van der Waals surface area contributed by atoms with E-state index in [1.54, 1.807) is 11.2 Å². The number of nitrogens with zero attached hydrogens (tertiary/aromatic N) is 3. The fourth-order valence-corrected chi connectivity index (χ4v) is 5.00. The largest absolute Gasteiger partial charge is 0.463 e. The van der Waals surface area contributed by atoms with E-state index in [4.69, 9.17) is 4.42 Å². The molecule has 4 rings (SSSR count). The molecule has 0 radical (unpaired) electrons. The van der Waals surface area contributed by atoms with Crippen molar-refractivity contribution in [2.75, 3.05) is 27.2 Å². The second-order valence-corrected chi connectivity index (χ2v) is 9.72. The summed E-state index contributed by atoms with van der Waals surface area (Å²) < 4.78 is 7.56. The van der Waals surface area contributed by atoms with Crippen LogP contribution in [0.1, 0.15) is 62.4 Å². The van der Waals surface area contributed by atoms with Crippen molar-refractivity contribution in [3.05, 3.63) is 36.2 Å². The Morgan fingerprint density at radius 1 is 1.12 bits per heavy atom. The SMILES string of the molecule is CN(C)CCN1C(=O)c2ccc(-c3ccco3)n2C[C@]1(C)C(=O)NC1CCCCCCC1. The topological polar surface area (TPSA) is 70.7 Å². The van der Waals surface area contributed by atoms with E-state index >= 15 is 0 Å². The lowest BCUT2D eigenvalue weighted by atomic mass is 9.92. The number of nitrogens with one attached hydrogen (secondary N) is 1. The highest BCUT2D eigenvalue weighted by molar-refractivity contribution is 6.00. The van der Waals surface area contributed by atoms with Gasteiger partial charge in [-0.1, -0.05) is 32.1 Å². The molecule has 2 amide bonds. The summed E-state index contributed by atoms with van der Waals surface area (Å²) in [6.45, 7) is 3.52. The third-order valence-electron chi connectivity index (χ3n) is 6.98. The average Bonchev–Trinajstić information content (AvgIpc) is 3.39. The van der Waals surface area contributed by atoms with Crippen LogP contribution in [0.2, 0.25) is 0 Å². The van der Waals surface area contributed by atoms with E-state index in [1.165, 1.54) is 19.3 Å². The molecular weight excluding hydrogens is 404 g/mol. The molecule has 2 aliphatic rings. The Morgan fingerprint density at radius 3 is 2.47 bits per heavy atom. The van der Waals surface area contributed by atoms with Gasteiger partial charge in [-0.05, 0) is 58.1 Å². The van der Waals surface area contributed by atoms with Gasteiger partial charge in [0.1, 0.15) is 17.0 Å². The van der Waals surface area contributed by atoms with Crippen LogP contribution in [0.25, 0.3) is 11.5 Å². The van der Waals surface area contributed by atoms with Crippen LogP contribution < -0.4 is 5.32 Å². The predicted molar refractivity (Wildman–Crippen MR) is 124 cm³/mol. The minimum atomic E-state index is -0.969. The molecule has 7 nitrogen and oxygen atoms in total. The average molecular weight is 441 g/mol.